The molecule has 0 aliphatic rings. The number of benzene rings is 2. The van der Waals surface area contributed by atoms with Crippen molar-refractivity contribution in [1.29, 1.82) is 0 Å². The van der Waals surface area contributed by atoms with Gasteiger partial charge in [0.25, 0.3) is 5.91 Å². The Kier molecular flexibility index (Phi) is 7.90. The van der Waals surface area contributed by atoms with Crippen molar-refractivity contribution in [3.05, 3.63) is 65.7 Å². The molecule has 0 heterocycles. The SMILES string of the molecule is COC(=O)[C@H](Cc1ccccc1)NC(=O)COC(=O)c1cccc(NC(C)=O)c1. The van der Waals surface area contributed by atoms with Crippen molar-refractivity contribution < 1.29 is 28.7 Å². The second kappa shape index (κ2) is 10.6. The Morgan fingerprint density at radius 1 is 1.00 bits per heavy atom. The van der Waals surface area contributed by atoms with Gasteiger partial charge < -0.3 is 20.1 Å². The number of rotatable bonds is 8. The molecule has 2 aromatic carbocycles. The van der Waals surface area contributed by atoms with Gasteiger partial charge in [0.15, 0.2) is 6.61 Å². The molecule has 1 atom stereocenters. The zero-order valence-electron chi connectivity index (χ0n) is 16.1. The average Bonchev–Trinajstić information content (AvgIpc) is 2.71. The molecule has 0 aliphatic heterocycles. The molecule has 0 saturated carbocycles. The van der Waals surface area contributed by atoms with Crippen molar-refractivity contribution in [3.8, 4) is 0 Å². The van der Waals surface area contributed by atoms with Crippen molar-refractivity contribution in [1.82, 2.24) is 5.32 Å². The fraction of sp³-hybridized carbons (Fsp3) is 0.238. The standard InChI is InChI=1S/C21H22N2O6/c1-14(24)22-17-10-6-9-16(12-17)20(26)29-13-19(25)23-18(21(27)28-2)11-15-7-4-3-5-8-15/h3-10,12,18H,11,13H2,1-2H3,(H,22,24)(H,23,25)/t18-/m0/s1. The zero-order chi connectivity index (χ0) is 21.2. The van der Waals surface area contributed by atoms with E-state index in [1.807, 2.05) is 30.3 Å². The van der Waals surface area contributed by atoms with Crippen LogP contribution in [0.15, 0.2) is 54.6 Å². The Bertz CT molecular complexity index is 882. The number of ether oxygens (including phenoxy) is 2. The van der Waals surface area contributed by atoms with Gasteiger partial charge in [0.2, 0.25) is 5.91 Å². The topological polar surface area (TPSA) is 111 Å². The van der Waals surface area contributed by atoms with E-state index in [0.29, 0.717) is 5.69 Å². The van der Waals surface area contributed by atoms with E-state index in [4.69, 9.17) is 9.47 Å². The second-order valence-electron chi connectivity index (χ2n) is 6.17. The molecule has 0 aromatic heterocycles. The van der Waals surface area contributed by atoms with Crippen LogP contribution in [0, 0.1) is 0 Å². The van der Waals surface area contributed by atoms with Gasteiger partial charge in [-0.2, -0.15) is 0 Å². The van der Waals surface area contributed by atoms with Crippen LogP contribution in [0.4, 0.5) is 5.69 Å². The Hall–Kier alpha value is -3.68. The first-order valence-electron chi connectivity index (χ1n) is 8.85. The van der Waals surface area contributed by atoms with Crippen molar-refractivity contribution >= 4 is 29.4 Å². The molecule has 2 aromatic rings. The highest BCUT2D eigenvalue weighted by Gasteiger charge is 2.22. The van der Waals surface area contributed by atoms with E-state index < -0.39 is 30.5 Å². The highest BCUT2D eigenvalue weighted by molar-refractivity contribution is 5.95. The van der Waals surface area contributed by atoms with Crippen LogP contribution < -0.4 is 10.6 Å². The lowest BCUT2D eigenvalue weighted by atomic mass is 10.1. The summed E-state index contributed by atoms with van der Waals surface area (Å²) < 4.78 is 9.73. The first kappa shape index (κ1) is 21.6. The Morgan fingerprint density at radius 2 is 1.72 bits per heavy atom. The molecule has 8 nitrogen and oxygen atoms in total. The van der Waals surface area contributed by atoms with E-state index in [0.717, 1.165) is 5.56 Å². The first-order valence-corrected chi connectivity index (χ1v) is 8.85. The van der Waals surface area contributed by atoms with Crippen LogP contribution >= 0.6 is 0 Å². The van der Waals surface area contributed by atoms with Crippen molar-refractivity contribution in [2.24, 2.45) is 0 Å². The second-order valence-corrected chi connectivity index (χ2v) is 6.17. The molecule has 0 spiro atoms. The van der Waals surface area contributed by atoms with E-state index in [1.165, 1.54) is 26.2 Å². The van der Waals surface area contributed by atoms with Gasteiger partial charge in [-0.3, -0.25) is 9.59 Å². The summed E-state index contributed by atoms with van der Waals surface area (Å²) in [5.41, 5.74) is 1.46. The molecule has 0 unspecified atom stereocenters. The molecular weight excluding hydrogens is 376 g/mol. The predicted molar refractivity (Wildman–Crippen MR) is 105 cm³/mol. The van der Waals surface area contributed by atoms with E-state index in [2.05, 4.69) is 10.6 Å². The van der Waals surface area contributed by atoms with Crippen LogP contribution in [-0.4, -0.2) is 43.5 Å². The van der Waals surface area contributed by atoms with Crippen molar-refractivity contribution in [2.45, 2.75) is 19.4 Å². The molecule has 0 radical (unpaired) electrons. The first-order chi connectivity index (χ1) is 13.9. The predicted octanol–water partition coefficient (Wildman–Crippen LogP) is 1.70. The molecule has 8 heteroatoms. The van der Waals surface area contributed by atoms with Crippen LogP contribution in [0.5, 0.6) is 0 Å². The van der Waals surface area contributed by atoms with Crippen LogP contribution in [-0.2, 0) is 30.3 Å². The number of esters is 2. The maximum Gasteiger partial charge on any atom is 0.338 e. The zero-order valence-corrected chi connectivity index (χ0v) is 16.1. The highest BCUT2D eigenvalue weighted by atomic mass is 16.5. The Balaban J connectivity index is 1.93. The van der Waals surface area contributed by atoms with Gasteiger partial charge in [-0.25, -0.2) is 9.59 Å². The lowest BCUT2D eigenvalue weighted by Gasteiger charge is -2.16. The van der Waals surface area contributed by atoms with Gasteiger partial charge >= 0.3 is 11.9 Å². The number of carbonyl (C=O) groups excluding carboxylic acids is 4. The molecule has 0 bridgehead atoms. The maximum absolute atomic E-state index is 12.2. The molecule has 29 heavy (non-hydrogen) atoms. The highest BCUT2D eigenvalue weighted by Crippen LogP contribution is 2.12. The summed E-state index contributed by atoms with van der Waals surface area (Å²) in [6, 6.07) is 14.4. The Morgan fingerprint density at radius 3 is 2.38 bits per heavy atom. The summed E-state index contributed by atoms with van der Waals surface area (Å²) in [7, 11) is 1.23. The normalized spacial score (nSPS) is 11.1. The third kappa shape index (κ3) is 7.10. The molecular formula is C21H22N2O6. The third-order valence-electron chi connectivity index (χ3n) is 3.86. The van der Waals surface area contributed by atoms with Gasteiger partial charge in [-0.15, -0.1) is 0 Å². The van der Waals surface area contributed by atoms with Crippen LogP contribution in [0.3, 0.4) is 0 Å². The molecule has 0 aliphatic carbocycles. The summed E-state index contributed by atoms with van der Waals surface area (Å²) in [4.78, 5) is 47.4. The van der Waals surface area contributed by atoms with E-state index >= 15 is 0 Å². The van der Waals surface area contributed by atoms with Crippen LogP contribution in [0.1, 0.15) is 22.8 Å². The van der Waals surface area contributed by atoms with E-state index in [9.17, 15) is 19.2 Å². The molecule has 2 amide bonds. The number of hydrogen-bond acceptors (Lipinski definition) is 6. The number of amides is 2. The lowest BCUT2D eigenvalue weighted by Crippen LogP contribution is -2.44. The molecule has 0 saturated heterocycles. The summed E-state index contributed by atoms with van der Waals surface area (Å²) in [5, 5.41) is 5.07. The monoisotopic (exact) mass is 398 g/mol. The van der Waals surface area contributed by atoms with Crippen LogP contribution in [0.25, 0.3) is 0 Å². The fourth-order valence-electron chi connectivity index (χ4n) is 2.56. The quantitative estimate of drug-likeness (QED) is 0.655. The summed E-state index contributed by atoms with van der Waals surface area (Å²) in [6.07, 6.45) is 0.242. The van der Waals surface area contributed by atoms with Crippen molar-refractivity contribution in [3.63, 3.8) is 0 Å². The number of methoxy groups -OCH3 is 1. The van der Waals surface area contributed by atoms with E-state index in [-0.39, 0.29) is 17.9 Å². The lowest BCUT2D eigenvalue weighted by molar-refractivity contribution is -0.145. The fourth-order valence-corrected chi connectivity index (χ4v) is 2.56. The number of hydrogen-bond donors (Lipinski definition) is 2. The largest absolute Gasteiger partial charge is 0.467 e. The van der Waals surface area contributed by atoms with E-state index in [1.54, 1.807) is 12.1 Å². The molecule has 2 rings (SSSR count). The molecule has 0 fully saturated rings. The summed E-state index contributed by atoms with van der Waals surface area (Å²) in [6.45, 7) is 0.786. The number of nitrogens with one attached hydrogen (secondary N) is 2. The minimum absolute atomic E-state index is 0.179. The summed E-state index contributed by atoms with van der Waals surface area (Å²) in [5.74, 6) is -2.24. The van der Waals surface area contributed by atoms with Crippen molar-refractivity contribution in [2.75, 3.05) is 19.0 Å². The summed E-state index contributed by atoms with van der Waals surface area (Å²) >= 11 is 0. The van der Waals surface area contributed by atoms with Gasteiger partial charge in [0, 0.05) is 19.0 Å². The average molecular weight is 398 g/mol. The van der Waals surface area contributed by atoms with Gasteiger partial charge in [0.05, 0.1) is 12.7 Å². The maximum atomic E-state index is 12.2. The minimum atomic E-state index is -0.906. The van der Waals surface area contributed by atoms with Crippen LogP contribution in [0.2, 0.25) is 0 Å². The van der Waals surface area contributed by atoms with Gasteiger partial charge in [0.1, 0.15) is 6.04 Å². The number of anilines is 1. The molecule has 152 valence electrons. The van der Waals surface area contributed by atoms with Gasteiger partial charge in [-0.1, -0.05) is 36.4 Å². The Labute approximate surface area is 168 Å². The number of carbonyl (C=O) groups is 4. The van der Waals surface area contributed by atoms with Gasteiger partial charge in [-0.05, 0) is 23.8 Å². The smallest absolute Gasteiger partial charge is 0.338 e. The third-order valence-corrected chi connectivity index (χ3v) is 3.86. The molecule has 2 N–H and O–H groups in total. The minimum Gasteiger partial charge on any atom is -0.467 e.